The summed E-state index contributed by atoms with van der Waals surface area (Å²) in [6.45, 7) is 0.906. The van der Waals surface area contributed by atoms with Crippen LogP contribution in [0.5, 0.6) is 5.75 Å². The minimum absolute atomic E-state index is 0.0110. The van der Waals surface area contributed by atoms with E-state index in [1.807, 2.05) is 40.4 Å². The number of fused-ring (bicyclic) bond motifs is 2. The van der Waals surface area contributed by atoms with Gasteiger partial charge in [0, 0.05) is 36.3 Å². The zero-order chi connectivity index (χ0) is 18.6. The van der Waals surface area contributed by atoms with Crippen molar-refractivity contribution in [1.82, 2.24) is 14.7 Å². The Kier molecular flexibility index (Phi) is 5.06. The van der Waals surface area contributed by atoms with Crippen LogP contribution in [0.25, 0.3) is 4.96 Å². The first kappa shape index (κ1) is 17.5. The van der Waals surface area contributed by atoms with Crippen LogP contribution in [0.3, 0.4) is 0 Å². The van der Waals surface area contributed by atoms with Crippen LogP contribution in [0.4, 0.5) is 5.69 Å². The van der Waals surface area contributed by atoms with E-state index >= 15 is 0 Å². The highest BCUT2D eigenvalue weighted by molar-refractivity contribution is 7.15. The summed E-state index contributed by atoms with van der Waals surface area (Å²) in [4.78, 5) is 28.7. The average Bonchev–Trinajstić information content (AvgIpc) is 3.25. The number of hydrogen-bond acceptors (Lipinski definition) is 5. The van der Waals surface area contributed by atoms with Crippen LogP contribution in [-0.4, -0.2) is 27.8 Å². The molecule has 0 fully saturated rings. The third-order valence-electron chi connectivity index (χ3n) is 4.40. The number of benzene rings is 1. The zero-order valence-electron chi connectivity index (χ0n) is 14.7. The molecule has 27 heavy (non-hydrogen) atoms. The summed E-state index contributed by atoms with van der Waals surface area (Å²) in [6.07, 6.45) is 6.15. The lowest BCUT2D eigenvalue weighted by molar-refractivity contribution is -0.121. The average molecular weight is 384 g/mol. The maximum Gasteiger partial charge on any atom is 0.224 e. The van der Waals surface area contributed by atoms with Crippen molar-refractivity contribution in [3.8, 4) is 5.75 Å². The molecule has 0 aliphatic carbocycles. The van der Waals surface area contributed by atoms with Gasteiger partial charge < -0.3 is 15.4 Å². The Balaban J connectivity index is 1.18. The van der Waals surface area contributed by atoms with Crippen molar-refractivity contribution >= 4 is 33.8 Å². The second-order valence-corrected chi connectivity index (χ2v) is 7.29. The first-order chi connectivity index (χ1) is 13.2. The molecule has 0 radical (unpaired) electrons. The Morgan fingerprint density at radius 1 is 1.37 bits per heavy atom. The second-order valence-electron chi connectivity index (χ2n) is 6.42. The summed E-state index contributed by atoms with van der Waals surface area (Å²) in [5, 5.41) is 7.71. The Hall–Kier alpha value is -2.87. The number of hydrogen-bond donors (Lipinski definition) is 2. The van der Waals surface area contributed by atoms with Gasteiger partial charge in [-0.1, -0.05) is 0 Å². The van der Waals surface area contributed by atoms with Gasteiger partial charge >= 0.3 is 0 Å². The van der Waals surface area contributed by atoms with E-state index in [0.29, 0.717) is 32.4 Å². The summed E-state index contributed by atoms with van der Waals surface area (Å²) in [5.41, 5.74) is 2.80. The molecule has 1 aromatic carbocycles. The summed E-state index contributed by atoms with van der Waals surface area (Å²) in [5.74, 6) is 0.809. The number of anilines is 1. The predicted molar refractivity (Wildman–Crippen MR) is 103 cm³/mol. The van der Waals surface area contributed by atoms with Crippen LogP contribution >= 0.6 is 11.3 Å². The van der Waals surface area contributed by atoms with Gasteiger partial charge in [0.25, 0.3) is 0 Å². The van der Waals surface area contributed by atoms with Crippen LogP contribution in [-0.2, 0) is 22.6 Å². The fourth-order valence-corrected chi connectivity index (χ4v) is 3.73. The van der Waals surface area contributed by atoms with Gasteiger partial charge in [0.15, 0.2) is 4.96 Å². The highest BCUT2D eigenvalue weighted by Crippen LogP contribution is 2.26. The van der Waals surface area contributed by atoms with Crippen molar-refractivity contribution in [3.63, 3.8) is 0 Å². The molecule has 3 heterocycles. The lowest BCUT2D eigenvalue weighted by Gasteiger charge is -2.17. The van der Waals surface area contributed by atoms with Gasteiger partial charge in [0.2, 0.25) is 11.8 Å². The predicted octanol–water partition coefficient (Wildman–Crippen LogP) is 2.76. The molecule has 0 saturated heterocycles. The number of nitrogens with one attached hydrogen (secondary N) is 2. The fourth-order valence-electron chi connectivity index (χ4n) is 3.01. The standard InChI is InChI=1S/C19H20N4O3S/c24-17(20-11-14-12-23-7-9-27-19(23)21-14)2-1-8-26-15-4-5-16-13(10-15)3-6-18(25)22-16/h4-5,7,9-10,12H,1-3,6,8,11H2,(H,20,24)(H,22,25). The number of carbonyl (C=O) groups excluding carboxylic acids is 2. The summed E-state index contributed by atoms with van der Waals surface area (Å²) in [6, 6.07) is 5.66. The lowest BCUT2D eigenvalue weighted by Crippen LogP contribution is -2.23. The van der Waals surface area contributed by atoms with E-state index in [1.165, 1.54) is 0 Å². The Labute approximate surface area is 160 Å². The smallest absolute Gasteiger partial charge is 0.224 e. The van der Waals surface area contributed by atoms with Crippen molar-refractivity contribution in [2.75, 3.05) is 11.9 Å². The van der Waals surface area contributed by atoms with Gasteiger partial charge in [-0.05, 0) is 36.6 Å². The molecular formula is C19H20N4O3S. The van der Waals surface area contributed by atoms with Gasteiger partial charge in [-0.2, -0.15) is 0 Å². The summed E-state index contributed by atoms with van der Waals surface area (Å²) < 4.78 is 7.68. The molecule has 140 valence electrons. The molecule has 2 amide bonds. The number of thiazole rings is 1. The van der Waals surface area contributed by atoms with Crippen molar-refractivity contribution in [2.24, 2.45) is 0 Å². The van der Waals surface area contributed by atoms with Crippen LogP contribution in [0.1, 0.15) is 30.5 Å². The minimum Gasteiger partial charge on any atom is -0.494 e. The lowest BCUT2D eigenvalue weighted by atomic mass is 10.0. The van der Waals surface area contributed by atoms with Gasteiger partial charge in [-0.15, -0.1) is 11.3 Å². The number of carbonyl (C=O) groups is 2. The fraction of sp³-hybridized carbons (Fsp3) is 0.316. The van der Waals surface area contributed by atoms with E-state index in [1.54, 1.807) is 11.3 Å². The van der Waals surface area contributed by atoms with E-state index in [4.69, 9.17) is 4.74 Å². The van der Waals surface area contributed by atoms with E-state index in [0.717, 1.165) is 34.1 Å². The third-order valence-corrected chi connectivity index (χ3v) is 5.17. The normalized spacial score (nSPS) is 13.3. The van der Waals surface area contributed by atoms with Crippen molar-refractivity contribution in [1.29, 1.82) is 0 Å². The molecule has 2 N–H and O–H groups in total. The molecule has 0 bridgehead atoms. The zero-order valence-corrected chi connectivity index (χ0v) is 15.6. The molecule has 0 atom stereocenters. The van der Waals surface area contributed by atoms with Gasteiger partial charge in [-0.3, -0.25) is 14.0 Å². The van der Waals surface area contributed by atoms with Crippen molar-refractivity contribution in [2.45, 2.75) is 32.2 Å². The Morgan fingerprint density at radius 3 is 3.19 bits per heavy atom. The highest BCUT2D eigenvalue weighted by atomic mass is 32.1. The number of amides is 2. The molecule has 0 spiro atoms. The molecule has 2 aromatic heterocycles. The number of imidazole rings is 1. The molecule has 3 aromatic rings. The van der Waals surface area contributed by atoms with E-state index in [-0.39, 0.29) is 11.8 Å². The molecule has 1 aliphatic rings. The van der Waals surface area contributed by atoms with Crippen molar-refractivity contribution in [3.05, 3.63) is 47.2 Å². The van der Waals surface area contributed by atoms with Crippen molar-refractivity contribution < 1.29 is 14.3 Å². The SMILES string of the molecule is O=C(CCCOc1ccc2c(c1)CCC(=O)N2)NCc1cn2ccsc2n1. The van der Waals surface area contributed by atoms with E-state index in [9.17, 15) is 9.59 Å². The minimum atomic E-state index is -0.0110. The topological polar surface area (TPSA) is 84.7 Å². The molecule has 8 heteroatoms. The molecule has 1 aliphatic heterocycles. The third kappa shape index (κ3) is 4.28. The number of ether oxygens (including phenoxy) is 1. The van der Waals surface area contributed by atoms with Gasteiger partial charge in [0.05, 0.1) is 18.8 Å². The maximum absolute atomic E-state index is 12.0. The van der Waals surface area contributed by atoms with E-state index < -0.39 is 0 Å². The maximum atomic E-state index is 12.0. The number of rotatable bonds is 7. The molecule has 0 saturated carbocycles. The van der Waals surface area contributed by atoms with Gasteiger partial charge in [-0.25, -0.2) is 4.98 Å². The first-order valence-corrected chi connectivity index (χ1v) is 9.79. The van der Waals surface area contributed by atoms with E-state index in [2.05, 4.69) is 15.6 Å². The molecular weight excluding hydrogens is 364 g/mol. The number of aryl methyl sites for hydroxylation is 1. The monoisotopic (exact) mass is 384 g/mol. The number of aromatic nitrogens is 2. The summed E-state index contributed by atoms with van der Waals surface area (Å²) >= 11 is 1.57. The van der Waals surface area contributed by atoms with Crippen LogP contribution in [0, 0.1) is 0 Å². The first-order valence-electron chi connectivity index (χ1n) is 8.91. The Bertz CT molecular complexity index is 950. The molecule has 0 unspecified atom stereocenters. The largest absolute Gasteiger partial charge is 0.494 e. The number of nitrogens with zero attached hydrogens (tertiary/aromatic N) is 2. The van der Waals surface area contributed by atoms with Crippen LogP contribution in [0.2, 0.25) is 0 Å². The second kappa shape index (κ2) is 7.79. The van der Waals surface area contributed by atoms with Gasteiger partial charge in [0.1, 0.15) is 5.75 Å². The quantitative estimate of drug-likeness (QED) is 0.614. The molecule has 7 nitrogen and oxygen atoms in total. The highest BCUT2D eigenvalue weighted by Gasteiger charge is 2.15. The van der Waals surface area contributed by atoms with Crippen LogP contribution < -0.4 is 15.4 Å². The Morgan fingerprint density at radius 2 is 2.30 bits per heavy atom. The van der Waals surface area contributed by atoms with Crippen LogP contribution in [0.15, 0.2) is 36.0 Å². The summed E-state index contributed by atoms with van der Waals surface area (Å²) in [7, 11) is 0. The molecule has 4 rings (SSSR count).